The Bertz CT molecular complexity index is 967. The van der Waals surface area contributed by atoms with Gasteiger partial charge in [0.15, 0.2) is 5.13 Å². The number of carbonyl (C=O) groups excluding carboxylic acids is 1. The Morgan fingerprint density at radius 3 is 2.14 bits per heavy atom. The van der Waals surface area contributed by atoms with Gasteiger partial charge in [-0.15, -0.1) is 11.3 Å². The molecule has 0 aliphatic rings. The van der Waals surface area contributed by atoms with E-state index < -0.39 is 0 Å². The van der Waals surface area contributed by atoms with E-state index in [2.05, 4.69) is 74.4 Å². The first-order chi connectivity index (χ1) is 13.9. The second-order valence-electron chi connectivity index (χ2n) is 7.85. The molecule has 1 amide bonds. The van der Waals surface area contributed by atoms with Crippen molar-refractivity contribution in [3.63, 3.8) is 0 Å². The third kappa shape index (κ3) is 6.13. The summed E-state index contributed by atoms with van der Waals surface area (Å²) < 4.78 is 0. The minimum atomic E-state index is -0.167. The Kier molecular flexibility index (Phi) is 6.99. The van der Waals surface area contributed by atoms with Crippen molar-refractivity contribution in [2.24, 2.45) is 0 Å². The first kappa shape index (κ1) is 21.0. The van der Waals surface area contributed by atoms with Crippen molar-refractivity contribution < 1.29 is 4.79 Å². The first-order valence-corrected chi connectivity index (χ1v) is 10.8. The van der Waals surface area contributed by atoms with Crippen molar-refractivity contribution in [3.8, 4) is 0 Å². The lowest BCUT2D eigenvalue weighted by molar-refractivity contribution is -0.111. The molecule has 0 unspecified atom stereocenters. The van der Waals surface area contributed by atoms with Crippen LogP contribution in [0.3, 0.4) is 0 Å². The summed E-state index contributed by atoms with van der Waals surface area (Å²) in [4.78, 5) is 17.7. The molecule has 0 atom stereocenters. The van der Waals surface area contributed by atoms with Gasteiger partial charge >= 0.3 is 0 Å². The molecule has 3 aromatic rings. The highest BCUT2D eigenvalue weighted by molar-refractivity contribution is 7.15. The minimum Gasteiger partial charge on any atom is -0.298 e. The van der Waals surface area contributed by atoms with Crippen LogP contribution < -0.4 is 5.32 Å². The molecule has 0 spiro atoms. The van der Waals surface area contributed by atoms with Crippen LogP contribution in [0.15, 0.2) is 60.8 Å². The predicted molar refractivity (Wildman–Crippen MR) is 124 cm³/mol. The van der Waals surface area contributed by atoms with Gasteiger partial charge in [0, 0.05) is 23.6 Å². The van der Waals surface area contributed by atoms with E-state index >= 15 is 0 Å². The molecule has 0 saturated heterocycles. The highest BCUT2D eigenvalue weighted by Gasteiger charge is 2.06. The Balaban J connectivity index is 1.55. The van der Waals surface area contributed by atoms with Crippen LogP contribution >= 0.6 is 11.3 Å². The Hall–Kier alpha value is -2.72. The van der Waals surface area contributed by atoms with Gasteiger partial charge in [0.2, 0.25) is 5.91 Å². The van der Waals surface area contributed by atoms with E-state index in [9.17, 15) is 4.79 Å². The number of hydrogen-bond donors (Lipinski definition) is 1. The van der Waals surface area contributed by atoms with Crippen LogP contribution in [-0.2, 0) is 11.2 Å². The van der Waals surface area contributed by atoms with Crippen molar-refractivity contribution >= 4 is 28.5 Å². The zero-order valence-electron chi connectivity index (χ0n) is 17.5. The number of carbonyl (C=O) groups is 1. The standard InChI is InChI=1S/C25H28N2OS/c1-17(2)21-10-5-19(6-11-21)9-14-24(28)27-25-26-16-23(29-25)15-20-7-12-22(13-8-20)18(3)4/h5-14,16-18H,15H2,1-4H3,(H,26,27,28)/b14-9+. The summed E-state index contributed by atoms with van der Waals surface area (Å²) in [6.45, 7) is 8.73. The number of thiazole rings is 1. The van der Waals surface area contributed by atoms with Gasteiger partial charge in [-0.1, -0.05) is 76.2 Å². The van der Waals surface area contributed by atoms with Crippen LogP contribution in [0.5, 0.6) is 0 Å². The number of nitrogens with zero attached hydrogens (tertiary/aromatic N) is 1. The molecule has 0 radical (unpaired) electrons. The van der Waals surface area contributed by atoms with Crippen LogP contribution in [0.2, 0.25) is 0 Å². The van der Waals surface area contributed by atoms with E-state index in [1.807, 2.05) is 24.4 Å². The van der Waals surface area contributed by atoms with Crippen molar-refractivity contribution in [2.75, 3.05) is 5.32 Å². The topological polar surface area (TPSA) is 42.0 Å². The van der Waals surface area contributed by atoms with Crippen molar-refractivity contribution in [1.29, 1.82) is 0 Å². The number of hydrogen-bond acceptors (Lipinski definition) is 3. The number of anilines is 1. The van der Waals surface area contributed by atoms with Gasteiger partial charge in [0.05, 0.1) is 0 Å². The average Bonchev–Trinajstić information content (AvgIpc) is 3.13. The molecule has 4 heteroatoms. The van der Waals surface area contributed by atoms with Crippen molar-refractivity contribution in [3.05, 3.63) is 87.9 Å². The van der Waals surface area contributed by atoms with Crippen LogP contribution in [0, 0.1) is 0 Å². The summed E-state index contributed by atoms with van der Waals surface area (Å²) in [6.07, 6.45) is 6.04. The Morgan fingerprint density at radius 1 is 0.966 bits per heavy atom. The predicted octanol–water partition coefficient (Wildman–Crippen LogP) is 6.63. The number of amides is 1. The number of nitrogens with one attached hydrogen (secondary N) is 1. The molecule has 0 saturated carbocycles. The van der Waals surface area contributed by atoms with E-state index in [-0.39, 0.29) is 5.91 Å². The molecular formula is C25H28N2OS. The number of aromatic nitrogens is 1. The third-order valence-electron chi connectivity index (χ3n) is 4.84. The maximum Gasteiger partial charge on any atom is 0.250 e. The van der Waals surface area contributed by atoms with Crippen molar-refractivity contribution in [2.45, 2.75) is 46.0 Å². The normalized spacial score (nSPS) is 11.5. The lowest BCUT2D eigenvalue weighted by Gasteiger charge is -2.06. The summed E-state index contributed by atoms with van der Waals surface area (Å²) in [6, 6.07) is 17.0. The molecule has 0 aliphatic carbocycles. The summed E-state index contributed by atoms with van der Waals surface area (Å²) in [5.74, 6) is 0.874. The minimum absolute atomic E-state index is 0.167. The number of rotatable bonds is 7. The zero-order valence-corrected chi connectivity index (χ0v) is 18.3. The molecule has 1 N–H and O–H groups in total. The van der Waals surface area contributed by atoms with Gasteiger partial charge in [-0.3, -0.25) is 10.1 Å². The van der Waals surface area contributed by atoms with E-state index in [1.54, 1.807) is 6.08 Å². The summed E-state index contributed by atoms with van der Waals surface area (Å²) >= 11 is 1.52. The lowest BCUT2D eigenvalue weighted by Crippen LogP contribution is -2.07. The molecular weight excluding hydrogens is 376 g/mol. The van der Waals surface area contributed by atoms with Crippen molar-refractivity contribution in [1.82, 2.24) is 4.98 Å². The lowest BCUT2D eigenvalue weighted by atomic mass is 10.0. The third-order valence-corrected chi connectivity index (χ3v) is 5.75. The molecule has 0 aliphatic heterocycles. The first-order valence-electron chi connectivity index (χ1n) is 10.0. The largest absolute Gasteiger partial charge is 0.298 e. The fraction of sp³-hybridized carbons (Fsp3) is 0.280. The highest BCUT2D eigenvalue weighted by Crippen LogP contribution is 2.23. The molecule has 1 heterocycles. The molecule has 29 heavy (non-hydrogen) atoms. The molecule has 0 bridgehead atoms. The Morgan fingerprint density at radius 2 is 1.55 bits per heavy atom. The fourth-order valence-corrected chi connectivity index (χ4v) is 3.83. The monoisotopic (exact) mass is 404 g/mol. The molecule has 3 rings (SSSR count). The van der Waals surface area contributed by atoms with E-state index in [4.69, 9.17) is 0 Å². The van der Waals surface area contributed by atoms with Gasteiger partial charge in [-0.2, -0.15) is 0 Å². The van der Waals surface area contributed by atoms with Gasteiger partial charge in [0.1, 0.15) is 0 Å². The van der Waals surface area contributed by atoms with Crippen LogP contribution in [-0.4, -0.2) is 10.9 Å². The van der Waals surface area contributed by atoms with E-state index in [1.165, 1.54) is 28.0 Å². The van der Waals surface area contributed by atoms with E-state index in [0.717, 1.165) is 16.9 Å². The average molecular weight is 405 g/mol. The second-order valence-corrected chi connectivity index (χ2v) is 8.96. The number of benzene rings is 2. The SMILES string of the molecule is CC(C)c1ccc(/C=C/C(=O)Nc2ncc(Cc3ccc(C(C)C)cc3)s2)cc1. The van der Waals surface area contributed by atoms with Gasteiger partial charge < -0.3 is 0 Å². The molecule has 2 aromatic carbocycles. The molecule has 150 valence electrons. The van der Waals surface area contributed by atoms with Gasteiger partial charge in [-0.25, -0.2) is 4.98 Å². The maximum absolute atomic E-state index is 12.2. The fourth-order valence-electron chi connectivity index (χ4n) is 2.98. The van der Waals surface area contributed by atoms with Crippen LogP contribution in [0.4, 0.5) is 5.13 Å². The van der Waals surface area contributed by atoms with Gasteiger partial charge in [-0.05, 0) is 40.2 Å². The van der Waals surface area contributed by atoms with E-state index in [0.29, 0.717) is 17.0 Å². The van der Waals surface area contributed by atoms with Gasteiger partial charge in [0.25, 0.3) is 0 Å². The summed E-state index contributed by atoms with van der Waals surface area (Å²) in [7, 11) is 0. The highest BCUT2D eigenvalue weighted by atomic mass is 32.1. The van der Waals surface area contributed by atoms with Crippen LogP contribution in [0.25, 0.3) is 6.08 Å². The second kappa shape index (κ2) is 9.66. The summed E-state index contributed by atoms with van der Waals surface area (Å²) in [5, 5.41) is 3.48. The smallest absolute Gasteiger partial charge is 0.250 e. The molecule has 1 aromatic heterocycles. The summed E-state index contributed by atoms with van der Waals surface area (Å²) in [5.41, 5.74) is 4.90. The molecule has 3 nitrogen and oxygen atoms in total. The van der Waals surface area contributed by atoms with Crippen LogP contribution in [0.1, 0.15) is 66.7 Å². The maximum atomic E-state index is 12.2. The Labute approximate surface area is 177 Å². The quantitative estimate of drug-likeness (QED) is 0.449. The molecule has 0 fully saturated rings. The zero-order chi connectivity index (χ0) is 20.8.